The predicted molar refractivity (Wildman–Crippen MR) is 151 cm³/mol. The van der Waals surface area contributed by atoms with Crippen molar-refractivity contribution in [2.75, 3.05) is 21.3 Å². The highest BCUT2D eigenvalue weighted by atomic mass is 16.6. The Bertz CT molecular complexity index is 1120. The van der Waals surface area contributed by atoms with E-state index in [9.17, 15) is 0 Å². The van der Waals surface area contributed by atoms with Crippen LogP contribution < -0.4 is 0 Å². The summed E-state index contributed by atoms with van der Waals surface area (Å²) in [6, 6.07) is 29.4. The first-order valence-electron chi connectivity index (χ1n) is 12.7. The highest BCUT2D eigenvalue weighted by Crippen LogP contribution is 2.22. The van der Waals surface area contributed by atoms with Gasteiger partial charge < -0.3 is 28.5 Å². The molecule has 0 fully saturated rings. The lowest BCUT2D eigenvalue weighted by Crippen LogP contribution is -2.53. The van der Waals surface area contributed by atoms with Crippen LogP contribution >= 0.6 is 0 Å². The van der Waals surface area contributed by atoms with Gasteiger partial charge in [-0.25, -0.2) is 0 Å². The summed E-state index contributed by atoms with van der Waals surface area (Å²) in [7, 11) is 4.72. The van der Waals surface area contributed by atoms with Crippen molar-refractivity contribution < 1.29 is 28.5 Å². The Kier molecular flexibility index (Phi) is 13.2. The molecule has 0 aliphatic carbocycles. The maximum atomic E-state index is 6.39. The second-order valence-electron chi connectivity index (χ2n) is 8.76. The number of terminal acetylenes is 1. The van der Waals surface area contributed by atoms with Gasteiger partial charge >= 0.3 is 0 Å². The first-order chi connectivity index (χ1) is 19.2. The average molecular weight is 532 g/mol. The molecule has 206 valence electrons. The third kappa shape index (κ3) is 9.63. The minimum atomic E-state index is -0.716. The van der Waals surface area contributed by atoms with Gasteiger partial charge in [-0.05, 0) is 16.7 Å². The molecule has 0 aromatic heterocycles. The molecule has 0 saturated heterocycles. The van der Waals surface area contributed by atoms with E-state index in [-0.39, 0.29) is 0 Å². The van der Waals surface area contributed by atoms with Gasteiger partial charge in [0.25, 0.3) is 0 Å². The molecule has 0 spiro atoms. The maximum Gasteiger partial charge on any atom is 0.147 e. The molecule has 0 unspecified atom stereocenters. The summed E-state index contributed by atoms with van der Waals surface area (Å²) in [6.07, 6.45) is 4.12. The van der Waals surface area contributed by atoms with Gasteiger partial charge in [0.15, 0.2) is 0 Å². The molecule has 3 aromatic rings. The number of rotatable bonds is 17. The van der Waals surface area contributed by atoms with Crippen LogP contribution in [0.15, 0.2) is 96.2 Å². The maximum absolute atomic E-state index is 6.39. The van der Waals surface area contributed by atoms with Crippen LogP contribution in [0.1, 0.15) is 16.7 Å². The topological polar surface area (TPSA) is 67.7 Å². The van der Waals surface area contributed by atoms with Gasteiger partial charge in [0.1, 0.15) is 37.1 Å². The zero-order valence-corrected chi connectivity index (χ0v) is 22.7. The van der Waals surface area contributed by atoms with E-state index in [1.807, 2.05) is 91.0 Å². The van der Waals surface area contributed by atoms with Crippen LogP contribution in [-0.4, -0.2) is 58.1 Å². The first-order valence-corrected chi connectivity index (χ1v) is 12.7. The van der Waals surface area contributed by atoms with E-state index in [2.05, 4.69) is 11.1 Å². The Labute approximate surface area is 231 Å². The van der Waals surface area contributed by atoms with Gasteiger partial charge in [-0.3, -0.25) is 0 Å². The average Bonchev–Trinajstić information content (AvgIpc) is 3.00. The molecule has 0 saturated carbocycles. The van der Waals surface area contributed by atoms with Crippen LogP contribution in [0, 0.1) is 12.3 Å². The number of benzene rings is 3. The minimum absolute atomic E-state index is 0.311. The molecule has 3 aromatic carbocycles. The number of methoxy groups -OCH3 is 3. The minimum Gasteiger partial charge on any atom is -0.391 e. The summed E-state index contributed by atoms with van der Waals surface area (Å²) in [6.45, 7) is 0.959. The van der Waals surface area contributed by atoms with Crippen LogP contribution in [0.2, 0.25) is 0 Å². The largest absolute Gasteiger partial charge is 0.391 e. The Morgan fingerprint density at radius 3 is 1.59 bits per heavy atom. The van der Waals surface area contributed by atoms with E-state index in [0.717, 1.165) is 16.7 Å². The van der Waals surface area contributed by atoms with Gasteiger partial charge in [-0.1, -0.05) is 102 Å². The molecule has 0 amide bonds. The molecule has 0 radical (unpaired) electrons. The molecule has 39 heavy (non-hydrogen) atoms. The molecule has 7 heteroatoms. The van der Waals surface area contributed by atoms with Crippen molar-refractivity contribution in [1.29, 1.82) is 0 Å². The second kappa shape index (κ2) is 17.2. The summed E-state index contributed by atoms with van der Waals surface area (Å²) in [5.74, 6) is 2.71. The zero-order chi connectivity index (χ0) is 27.7. The number of hydrogen-bond donors (Lipinski definition) is 0. The number of hydrogen-bond acceptors (Lipinski definition) is 7. The molecule has 3 rings (SSSR count). The molecule has 0 aliphatic rings. The van der Waals surface area contributed by atoms with Crippen LogP contribution in [0.25, 0.3) is 0 Å². The highest BCUT2D eigenvalue weighted by molar-refractivity contribution is 5.63. The summed E-state index contributed by atoms with van der Waals surface area (Å²) in [5, 5.41) is 4.16. The summed E-state index contributed by atoms with van der Waals surface area (Å²) >= 11 is 0. The number of oxime groups is 1. The highest BCUT2D eigenvalue weighted by Gasteiger charge is 2.40. The van der Waals surface area contributed by atoms with Crippen molar-refractivity contribution in [2.45, 2.75) is 50.3 Å². The van der Waals surface area contributed by atoms with Gasteiger partial charge in [0.05, 0.1) is 19.4 Å². The normalized spacial score (nSPS) is 15.2. The van der Waals surface area contributed by atoms with Crippen molar-refractivity contribution in [3.63, 3.8) is 0 Å². The smallest absolute Gasteiger partial charge is 0.147 e. The van der Waals surface area contributed by atoms with E-state index in [1.54, 1.807) is 27.5 Å². The molecular formula is C32H37NO6. The lowest BCUT2D eigenvalue weighted by atomic mass is 9.98. The molecule has 0 heterocycles. The zero-order valence-electron chi connectivity index (χ0n) is 22.7. The van der Waals surface area contributed by atoms with Crippen molar-refractivity contribution in [1.82, 2.24) is 0 Å². The van der Waals surface area contributed by atoms with Gasteiger partial charge in [0, 0.05) is 21.3 Å². The Morgan fingerprint density at radius 1 is 0.641 bits per heavy atom. The van der Waals surface area contributed by atoms with E-state index < -0.39 is 30.5 Å². The molecule has 0 aliphatic heterocycles. The predicted octanol–water partition coefficient (Wildman–Crippen LogP) is 5.04. The number of ether oxygens (including phenoxy) is 5. The first kappa shape index (κ1) is 30.0. The van der Waals surface area contributed by atoms with Crippen molar-refractivity contribution in [3.05, 3.63) is 108 Å². The van der Waals surface area contributed by atoms with Crippen molar-refractivity contribution in [2.24, 2.45) is 5.16 Å². The van der Waals surface area contributed by atoms with E-state index >= 15 is 0 Å². The van der Waals surface area contributed by atoms with Crippen LogP contribution in [-0.2, 0) is 48.3 Å². The molecule has 0 N–H and O–H groups in total. The summed E-state index contributed by atoms with van der Waals surface area (Å²) in [5.41, 5.74) is 2.99. The third-order valence-electron chi connectivity index (χ3n) is 6.16. The van der Waals surface area contributed by atoms with Crippen LogP contribution in [0.3, 0.4) is 0 Å². The molecule has 5 atom stereocenters. The van der Waals surface area contributed by atoms with E-state index in [0.29, 0.717) is 19.8 Å². The monoisotopic (exact) mass is 531 g/mol. The SMILES string of the molecule is C#C[C@@H](OCc1ccccc1)[C@@H](OC)[C@@H](OC)[C@H](OCc1ccccc1)[C@@H](/C=N/OCc1ccccc1)OC. The van der Waals surface area contributed by atoms with Crippen molar-refractivity contribution >= 4 is 6.21 Å². The fourth-order valence-corrected chi connectivity index (χ4v) is 4.10. The Morgan fingerprint density at radius 2 is 1.13 bits per heavy atom. The van der Waals surface area contributed by atoms with Crippen molar-refractivity contribution in [3.8, 4) is 12.3 Å². The second-order valence-corrected chi connectivity index (χ2v) is 8.76. The van der Waals surface area contributed by atoms with Gasteiger partial charge in [-0.2, -0.15) is 0 Å². The quantitative estimate of drug-likeness (QED) is 0.138. The molecule has 7 nitrogen and oxygen atoms in total. The van der Waals surface area contributed by atoms with E-state index in [1.165, 1.54) is 0 Å². The van der Waals surface area contributed by atoms with Crippen LogP contribution in [0.5, 0.6) is 0 Å². The van der Waals surface area contributed by atoms with Gasteiger partial charge in [-0.15, -0.1) is 6.42 Å². The molecule has 0 bridgehead atoms. The fraction of sp³-hybridized carbons (Fsp3) is 0.344. The molecular weight excluding hydrogens is 494 g/mol. The lowest BCUT2D eigenvalue weighted by Gasteiger charge is -2.36. The number of nitrogens with zero attached hydrogens (tertiary/aromatic N) is 1. The van der Waals surface area contributed by atoms with Crippen LogP contribution in [0.4, 0.5) is 0 Å². The Hall–Kier alpha value is -3.51. The van der Waals surface area contributed by atoms with E-state index in [4.69, 9.17) is 34.9 Å². The third-order valence-corrected chi connectivity index (χ3v) is 6.16. The standard InChI is InChI=1S/C32H37NO6/c1-5-28(37-22-25-15-9-6-10-16-25)30(35-3)32(36-4)31(38-23-26-17-11-7-12-18-26)29(34-2)21-33-39-24-27-19-13-8-14-20-27/h1,6-21,28-32H,22-24H2,2-4H3/b33-21+/t28-,29-,30-,31-,32-/m1/s1. The summed E-state index contributed by atoms with van der Waals surface area (Å²) < 4.78 is 30.1. The fourth-order valence-electron chi connectivity index (χ4n) is 4.10. The Balaban J connectivity index is 1.79. The van der Waals surface area contributed by atoms with Gasteiger partial charge in [0.2, 0.25) is 0 Å². The summed E-state index contributed by atoms with van der Waals surface area (Å²) in [4.78, 5) is 5.53. The lowest BCUT2D eigenvalue weighted by molar-refractivity contribution is -0.172.